The van der Waals surface area contributed by atoms with Crippen molar-refractivity contribution in [2.45, 2.75) is 105 Å². The van der Waals surface area contributed by atoms with E-state index in [4.69, 9.17) is 28.9 Å². The molecule has 0 aliphatic heterocycles. The van der Waals surface area contributed by atoms with Crippen LogP contribution in [-0.4, -0.2) is 63.3 Å². The molecule has 0 amide bonds. The van der Waals surface area contributed by atoms with E-state index in [1.165, 1.54) is 0 Å². The molecule has 3 aromatic rings. The zero-order valence-electron chi connectivity index (χ0n) is 32.9. The minimum absolute atomic E-state index is 0.148. The van der Waals surface area contributed by atoms with E-state index >= 15 is 0 Å². The Labute approximate surface area is 300 Å². The number of aliphatic imine (C=N–C) groups is 2. The summed E-state index contributed by atoms with van der Waals surface area (Å²) in [6.45, 7) is 26.8. The van der Waals surface area contributed by atoms with Gasteiger partial charge in [-0.05, 0) is 44.9 Å². The molecule has 0 fully saturated rings. The van der Waals surface area contributed by atoms with Gasteiger partial charge in [0, 0.05) is 61.0 Å². The lowest BCUT2D eigenvalue weighted by atomic mass is 9.79. The maximum Gasteiger partial charge on any atom is 0.163 e. The largest absolute Gasteiger partial charge is 0.507 e. The van der Waals surface area contributed by atoms with Crippen molar-refractivity contribution in [3.05, 3.63) is 69.8 Å². The third-order valence-electron chi connectivity index (χ3n) is 8.44. The van der Waals surface area contributed by atoms with Crippen molar-refractivity contribution in [3.63, 3.8) is 0 Å². The van der Waals surface area contributed by atoms with Crippen LogP contribution in [0.25, 0.3) is 0 Å². The van der Waals surface area contributed by atoms with Crippen LogP contribution in [0.3, 0.4) is 0 Å². The van der Waals surface area contributed by atoms with Gasteiger partial charge in [-0.3, -0.25) is 9.98 Å². The Balaban J connectivity index is 2.31. The van der Waals surface area contributed by atoms with E-state index in [-0.39, 0.29) is 33.2 Å². The maximum atomic E-state index is 11.5. The van der Waals surface area contributed by atoms with Gasteiger partial charge in [0.2, 0.25) is 0 Å². The van der Waals surface area contributed by atoms with E-state index in [1.807, 2.05) is 12.1 Å². The Morgan fingerprint density at radius 3 is 1.12 bits per heavy atom. The molecule has 0 saturated heterocycles. The van der Waals surface area contributed by atoms with Crippen molar-refractivity contribution in [2.75, 3.05) is 40.6 Å². The minimum Gasteiger partial charge on any atom is -0.507 e. The molecule has 8 heteroatoms. The van der Waals surface area contributed by atoms with Crippen LogP contribution >= 0.6 is 0 Å². The quantitative estimate of drug-likeness (QED) is 0.145. The van der Waals surface area contributed by atoms with Crippen LogP contribution in [0.15, 0.2) is 46.4 Å². The fraction of sp³-hybridized carbons (Fsp3) is 0.524. The molecule has 0 bridgehead atoms. The van der Waals surface area contributed by atoms with Crippen LogP contribution in [0.2, 0.25) is 0 Å². The predicted molar refractivity (Wildman–Crippen MR) is 207 cm³/mol. The fourth-order valence-electron chi connectivity index (χ4n) is 5.24. The lowest BCUT2D eigenvalue weighted by Crippen LogP contribution is -2.17. The van der Waals surface area contributed by atoms with Crippen LogP contribution < -0.4 is 9.47 Å². The van der Waals surface area contributed by atoms with Crippen LogP contribution in [0.4, 0.5) is 11.4 Å². The highest BCUT2D eigenvalue weighted by Crippen LogP contribution is 2.42. The number of benzene rings is 3. The summed E-state index contributed by atoms with van der Waals surface area (Å²) >= 11 is 0. The topological polar surface area (TPSA) is 102 Å². The molecule has 274 valence electrons. The molecule has 0 aliphatic carbocycles. The summed E-state index contributed by atoms with van der Waals surface area (Å²) in [6.07, 6.45) is 3.35. The van der Waals surface area contributed by atoms with E-state index in [9.17, 15) is 10.2 Å². The summed E-state index contributed by atoms with van der Waals surface area (Å²) in [4.78, 5) is 9.81. The first-order chi connectivity index (χ1) is 23.1. The number of hydrogen-bond donors (Lipinski definition) is 2. The van der Waals surface area contributed by atoms with Crippen LogP contribution in [0.1, 0.15) is 116 Å². The molecule has 0 spiro atoms. The van der Waals surface area contributed by atoms with Crippen LogP contribution in [-0.2, 0) is 31.1 Å². The van der Waals surface area contributed by atoms with Gasteiger partial charge in [0.15, 0.2) is 11.5 Å². The van der Waals surface area contributed by atoms with Gasteiger partial charge in [0.25, 0.3) is 0 Å². The Bertz CT molecular complexity index is 1550. The van der Waals surface area contributed by atoms with Gasteiger partial charge in [-0.15, -0.1) is 0 Å². The lowest BCUT2D eigenvalue weighted by Gasteiger charge is -2.27. The molecule has 0 aromatic heterocycles. The van der Waals surface area contributed by atoms with Crippen molar-refractivity contribution in [3.8, 4) is 23.0 Å². The Morgan fingerprint density at radius 2 is 0.840 bits per heavy atom. The van der Waals surface area contributed by atoms with Crippen LogP contribution in [0, 0.1) is 0 Å². The third kappa shape index (κ3) is 10.6. The molecule has 0 heterocycles. The molecule has 0 aliphatic rings. The lowest BCUT2D eigenvalue weighted by molar-refractivity contribution is 0.132. The number of phenolic OH excluding ortho intramolecular Hbond substituents is 2. The SMILES string of the molecule is COCCOc1cc(N=Cc2cc(C(C)(C)C)cc(C(C)(C)C)c2O)c(N=Cc2cc(C(C)(C)C)cc(C(C)(C)C)c2O)cc1OCCOC. The smallest absolute Gasteiger partial charge is 0.163 e. The summed E-state index contributed by atoms with van der Waals surface area (Å²) in [6, 6.07) is 11.7. The molecule has 3 aromatic carbocycles. The van der Waals surface area contributed by atoms with E-state index in [0.717, 1.165) is 22.3 Å². The molecule has 0 atom stereocenters. The van der Waals surface area contributed by atoms with Crippen molar-refractivity contribution < 1.29 is 29.2 Å². The van der Waals surface area contributed by atoms with E-state index in [1.54, 1.807) is 38.8 Å². The number of methoxy groups -OCH3 is 2. The number of nitrogens with zero attached hydrogens (tertiary/aromatic N) is 2. The average Bonchev–Trinajstić information content (AvgIpc) is 2.98. The van der Waals surface area contributed by atoms with E-state index < -0.39 is 0 Å². The molecule has 50 heavy (non-hydrogen) atoms. The molecule has 3 rings (SSSR count). The van der Waals surface area contributed by atoms with Gasteiger partial charge in [-0.2, -0.15) is 0 Å². The van der Waals surface area contributed by atoms with Crippen molar-refractivity contribution in [1.82, 2.24) is 0 Å². The van der Waals surface area contributed by atoms with Gasteiger partial charge < -0.3 is 29.2 Å². The number of ether oxygens (including phenoxy) is 4. The Kier molecular flexibility index (Phi) is 13.0. The maximum absolute atomic E-state index is 11.5. The van der Waals surface area contributed by atoms with Crippen molar-refractivity contribution in [1.29, 1.82) is 0 Å². The van der Waals surface area contributed by atoms with E-state index in [2.05, 4.69) is 95.2 Å². The minimum atomic E-state index is -0.289. The summed E-state index contributed by atoms with van der Waals surface area (Å²) in [5.41, 5.74) is 5.19. The monoisotopic (exact) mass is 688 g/mol. The molecular weight excluding hydrogens is 628 g/mol. The molecule has 0 saturated carbocycles. The van der Waals surface area contributed by atoms with Crippen molar-refractivity contribution in [2.24, 2.45) is 9.98 Å². The molecule has 0 unspecified atom stereocenters. The first-order valence-corrected chi connectivity index (χ1v) is 17.3. The standard InChI is InChI=1S/C42H60N2O6/c1-39(2,3)29-19-27(37(45)31(21-29)41(7,8)9)25-43-33-23-35(49-17-15-47-13)36(50-18-16-48-14)24-34(33)44-26-28-20-30(40(4,5)6)22-32(38(28)46)42(10,11)12/h19-26,45-46H,15-18H2,1-14H3. The second kappa shape index (κ2) is 16.0. The highest BCUT2D eigenvalue weighted by molar-refractivity contribution is 5.91. The van der Waals surface area contributed by atoms with Crippen molar-refractivity contribution >= 4 is 23.8 Å². The highest BCUT2D eigenvalue weighted by Gasteiger charge is 2.26. The highest BCUT2D eigenvalue weighted by atomic mass is 16.5. The van der Waals surface area contributed by atoms with Gasteiger partial charge in [-0.25, -0.2) is 0 Å². The molecular formula is C42H60N2O6. The number of hydrogen-bond acceptors (Lipinski definition) is 8. The molecule has 8 nitrogen and oxygen atoms in total. The fourth-order valence-corrected chi connectivity index (χ4v) is 5.24. The number of aromatic hydroxyl groups is 2. The first kappa shape index (κ1) is 40.5. The van der Waals surface area contributed by atoms with Crippen LogP contribution in [0.5, 0.6) is 23.0 Å². The van der Waals surface area contributed by atoms with Gasteiger partial charge in [0.05, 0.1) is 24.6 Å². The summed E-state index contributed by atoms with van der Waals surface area (Å²) in [5.74, 6) is 1.32. The van der Waals surface area contributed by atoms with Gasteiger partial charge in [-0.1, -0.05) is 95.2 Å². The Hall–Kier alpha value is -3.88. The first-order valence-electron chi connectivity index (χ1n) is 17.3. The Morgan fingerprint density at radius 1 is 0.500 bits per heavy atom. The zero-order valence-corrected chi connectivity index (χ0v) is 32.9. The van der Waals surface area contributed by atoms with E-state index in [0.29, 0.717) is 60.4 Å². The second-order valence-corrected chi connectivity index (χ2v) is 16.9. The predicted octanol–water partition coefficient (Wildman–Crippen LogP) is 9.84. The second-order valence-electron chi connectivity index (χ2n) is 16.9. The summed E-state index contributed by atoms with van der Waals surface area (Å²) in [5, 5.41) is 22.9. The normalized spacial score (nSPS) is 13.1. The summed E-state index contributed by atoms with van der Waals surface area (Å²) < 4.78 is 22.6. The third-order valence-corrected chi connectivity index (χ3v) is 8.44. The molecule has 0 radical (unpaired) electrons. The van der Waals surface area contributed by atoms with Gasteiger partial charge in [0.1, 0.15) is 24.7 Å². The summed E-state index contributed by atoms with van der Waals surface area (Å²) in [7, 11) is 3.23. The van der Waals surface area contributed by atoms with Gasteiger partial charge >= 0.3 is 0 Å². The number of phenols is 2. The number of rotatable bonds is 12. The molecule has 2 N–H and O–H groups in total. The zero-order chi connectivity index (χ0) is 37.7. The average molecular weight is 689 g/mol.